The monoisotopic (exact) mass is 289 g/mol. The van der Waals surface area contributed by atoms with Gasteiger partial charge in [0.25, 0.3) is 0 Å². The maximum Gasteiger partial charge on any atom is 0.137 e. The molecule has 3 heteroatoms. The molecule has 0 unspecified atom stereocenters. The van der Waals surface area contributed by atoms with Gasteiger partial charge in [0.1, 0.15) is 5.78 Å². The Balaban J connectivity index is 2.09. The van der Waals surface area contributed by atoms with Crippen molar-refractivity contribution in [3.05, 3.63) is 40.5 Å². The van der Waals surface area contributed by atoms with E-state index in [1.807, 2.05) is 12.3 Å². The molecule has 86 valence electrons. The van der Waals surface area contributed by atoms with Gasteiger partial charge in [-0.05, 0) is 24.1 Å². The molecule has 0 fully saturated rings. The van der Waals surface area contributed by atoms with E-state index in [0.717, 1.165) is 16.4 Å². The second-order valence-electron chi connectivity index (χ2n) is 4.36. The molecule has 2 aromatic rings. The molecule has 3 rings (SSSR count). The summed E-state index contributed by atoms with van der Waals surface area (Å²) >= 11 is 3.47. The molecule has 17 heavy (non-hydrogen) atoms. The van der Waals surface area contributed by atoms with Crippen LogP contribution in [-0.4, -0.2) is 10.8 Å². The first kappa shape index (κ1) is 10.8. The number of aromatic amines is 1. The average Bonchev–Trinajstić information content (AvgIpc) is 2.73. The number of carbonyl (C=O) groups is 1. The lowest BCUT2D eigenvalue weighted by atomic mass is 9.93. The minimum atomic E-state index is 0.344. The minimum Gasteiger partial charge on any atom is -0.361 e. The third-order valence-electron chi connectivity index (χ3n) is 3.24. The second-order valence-corrected chi connectivity index (χ2v) is 5.28. The Bertz CT molecular complexity index is 624. The molecule has 1 N–H and O–H groups in total. The van der Waals surface area contributed by atoms with Gasteiger partial charge in [0.2, 0.25) is 0 Å². The smallest absolute Gasteiger partial charge is 0.137 e. The van der Waals surface area contributed by atoms with Gasteiger partial charge in [0.05, 0.1) is 0 Å². The Morgan fingerprint density at radius 1 is 1.24 bits per heavy atom. The van der Waals surface area contributed by atoms with Gasteiger partial charge < -0.3 is 4.98 Å². The van der Waals surface area contributed by atoms with Crippen LogP contribution in [0.15, 0.2) is 34.9 Å². The van der Waals surface area contributed by atoms with Crippen LogP contribution in [0, 0.1) is 0 Å². The summed E-state index contributed by atoms with van der Waals surface area (Å²) in [5, 5.41) is 1.23. The van der Waals surface area contributed by atoms with Crippen molar-refractivity contribution in [3.63, 3.8) is 0 Å². The van der Waals surface area contributed by atoms with E-state index in [4.69, 9.17) is 0 Å². The van der Waals surface area contributed by atoms with Crippen molar-refractivity contribution < 1.29 is 4.79 Å². The van der Waals surface area contributed by atoms with Crippen molar-refractivity contribution in [2.24, 2.45) is 0 Å². The van der Waals surface area contributed by atoms with Crippen LogP contribution in [0.3, 0.4) is 0 Å². The first-order chi connectivity index (χ1) is 8.24. The van der Waals surface area contributed by atoms with Gasteiger partial charge in [-0.1, -0.05) is 28.1 Å². The van der Waals surface area contributed by atoms with Crippen LogP contribution in [0.4, 0.5) is 0 Å². The third-order valence-corrected chi connectivity index (χ3v) is 3.73. The van der Waals surface area contributed by atoms with Crippen LogP contribution in [0.5, 0.6) is 0 Å². The maximum atomic E-state index is 11.2. The van der Waals surface area contributed by atoms with E-state index in [-0.39, 0.29) is 0 Å². The summed E-state index contributed by atoms with van der Waals surface area (Å²) < 4.78 is 1.08. The van der Waals surface area contributed by atoms with E-state index in [9.17, 15) is 4.79 Å². The standard InChI is InChI=1S/C14H12BrNO/c15-10-3-6-12-13(8-16-14(12)7-10)9-1-4-11(17)5-2-9/h1,3,6-8,16H,2,4-5H2. The van der Waals surface area contributed by atoms with Crippen molar-refractivity contribution in [2.75, 3.05) is 0 Å². The summed E-state index contributed by atoms with van der Waals surface area (Å²) in [4.78, 5) is 14.5. The zero-order valence-electron chi connectivity index (χ0n) is 9.29. The Kier molecular flexibility index (Phi) is 2.63. The SMILES string of the molecule is O=C1CC=C(c2c[nH]c3cc(Br)ccc23)CC1. The number of nitrogens with one attached hydrogen (secondary N) is 1. The van der Waals surface area contributed by atoms with Crippen LogP contribution in [0.2, 0.25) is 0 Å². The molecule has 0 saturated heterocycles. The molecule has 0 saturated carbocycles. The molecule has 0 bridgehead atoms. The van der Waals surface area contributed by atoms with Gasteiger partial charge in [-0.15, -0.1) is 0 Å². The first-order valence-electron chi connectivity index (χ1n) is 5.72. The number of carbonyl (C=O) groups excluding carboxylic acids is 1. The highest BCUT2D eigenvalue weighted by molar-refractivity contribution is 9.10. The van der Waals surface area contributed by atoms with E-state index in [1.54, 1.807) is 0 Å². The molecule has 1 aliphatic rings. The van der Waals surface area contributed by atoms with E-state index in [0.29, 0.717) is 18.6 Å². The highest BCUT2D eigenvalue weighted by Crippen LogP contribution is 2.31. The lowest BCUT2D eigenvalue weighted by Crippen LogP contribution is -2.02. The summed E-state index contributed by atoms with van der Waals surface area (Å²) in [5.41, 5.74) is 3.66. The van der Waals surface area contributed by atoms with E-state index >= 15 is 0 Å². The summed E-state index contributed by atoms with van der Waals surface area (Å²) in [5.74, 6) is 0.344. The van der Waals surface area contributed by atoms with E-state index in [2.05, 4.69) is 39.1 Å². The molecular weight excluding hydrogens is 278 g/mol. The van der Waals surface area contributed by atoms with E-state index < -0.39 is 0 Å². The number of ketones is 1. The fourth-order valence-corrected chi connectivity index (χ4v) is 2.69. The average molecular weight is 290 g/mol. The Morgan fingerprint density at radius 2 is 2.12 bits per heavy atom. The van der Waals surface area contributed by atoms with Gasteiger partial charge >= 0.3 is 0 Å². The lowest BCUT2D eigenvalue weighted by Gasteiger charge is -2.11. The van der Waals surface area contributed by atoms with Crippen LogP contribution < -0.4 is 0 Å². The molecular formula is C14H12BrNO. The van der Waals surface area contributed by atoms with Gasteiger partial charge in [-0.3, -0.25) is 4.79 Å². The summed E-state index contributed by atoms with van der Waals surface area (Å²) in [6, 6.07) is 6.24. The van der Waals surface area contributed by atoms with Crippen molar-refractivity contribution >= 4 is 38.2 Å². The number of aromatic nitrogens is 1. The quantitative estimate of drug-likeness (QED) is 0.843. The van der Waals surface area contributed by atoms with Crippen LogP contribution >= 0.6 is 15.9 Å². The molecule has 0 radical (unpaired) electrons. The molecule has 1 heterocycles. The Labute approximate surface area is 108 Å². The molecule has 0 aliphatic heterocycles. The lowest BCUT2D eigenvalue weighted by molar-refractivity contribution is -0.118. The summed E-state index contributed by atoms with van der Waals surface area (Å²) in [6.07, 6.45) is 6.23. The Hall–Kier alpha value is -1.35. The van der Waals surface area contributed by atoms with E-state index in [1.165, 1.54) is 16.5 Å². The largest absolute Gasteiger partial charge is 0.361 e. The van der Waals surface area contributed by atoms with Crippen molar-refractivity contribution in [1.29, 1.82) is 0 Å². The predicted molar refractivity (Wildman–Crippen MR) is 72.8 cm³/mol. The highest BCUT2D eigenvalue weighted by Gasteiger charge is 2.14. The van der Waals surface area contributed by atoms with Gasteiger partial charge in [-0.2, -0.15) is 0 Å². The highest BCUT2D eigenvalue weighted by atomic mass is 79.9. The first-order valence-corrected chi connectivity index (χ1v) is 6.51. The van der Waals surface area contributed by atoms with Crippen molar-refractivity contribution in [2.45, 2.75) is 19.3 Å². The van der Waals surface area contributed by atoms with Crippen LogP contribution in [-0.2, 0) is 4.79 Å². The fourth-order valence-electron chi connectivity index (χ4n) is 2.32. The number of rotatable bonds is 1. The topological polar surface area (TPSA) is 32.9 Å². The third kappa shape index (κ3) is 1.95. The number of hydrogen-bond acceptors (Lipinski definition) is 1. The molecule has 0 atom stereocenters. The molecule has 0 spiro atoms. The molecule has 1 aliphatic carbocycles. The minimum absolute atomic E-state index is 0.344. The number of halogens is 1. The van der Waals surface area contributed by atoms with Crippen LogP contribution in [0.1, 0.15) is 24.8 Å². The zero-order valence-corrected chi connectivity index (χ0v) is 10.9. The molecule has 1 aromatic carbocycles. The Morgan fingerprint density at radius 3 is 2.88 bits per heavy atom. The van der Waals surface area contributed by atoms with Crippen LogP contribution in [0.25, 0.3) is 16.5 Å². The number of benzene rings is 1. The number of allylic oxidation sites excluding steroid dienone is 2. The summed E-state index contributed by atoms with van der Waals surface area (Å²) in [6.45, 7) is 0. The molecule has 2 nitrogen and oxygen atoms in total. The maximum absolute atomic E-state index is 11.2. The van der Waals surface area contributed by atoms with Gasteiger partial charge in [-0.25, -0.2) is 0 Å². The van der Waals surface area contributed by atoms with Gasteiger partial charge in [0.15, 0.2) is 0 Å². The summed E-state index contributed by atoms with van der Waals surface area (Å²) in [7, 11) is 0. The molecule has 1 aromatic heterocycles. The fraction of sp³-hybridized carbons (Fsp3) is 0.214. The number of hydrogen-bond donors (Lipinski definition) is 1. The van der Waals surface area contributed by atoms with Crippen molar-refractivity contribution in [3.8, 4) is 0 Å². The second kappa shape index (κ2) is 4.15. The number of H-pyrrole nitrogens is 1. The molecule has 0 amide bonds. The number of Topliss-reactive ketones (excluding diaryl/α,β-unsaturated/α-hetero) is 1. The normalized spacial score (nSPS) is 16.3. The van der Waals surface area contributed by atoms with Gasteiger partial charge in [0, 0.05) is 40.0 Å². The number of fused-ring (bicyclic) bond motifs is 1. The zero-order chi connectivity index (χ0) is 11.8. The van der Waals surface area contributed by atoms with Crippen molar-refractivity contribution in [1.82, 2.24) is 4.98 Å². The predicted octanol–water partition coefficient (Wildman–Crippen LogP) is 4.07.